The Morgan fingerprint density at radius 2 is 0.913 bits per heavy atom. The molecule has 0 bridgehead atoms. The molecule has 0 aromatic rings. The third-order valence-corrected chi connectivity index (χ3v) is 5.07. The van der Waals surface area contributed by atoms with Crippen molar-refractivity contribution in [3.05, 3.63) is 0 Å². The first-order valence-electron chi connectivity index (χ1n) is 9.76. The maximum absolute atomic E-state index is 10.5. The van der Waals surface area contributed by atoms with Crippen LogP contribution >= 0.6 is 0 Å². The predicted octanol–water partition coefficient (Wildman–Crippen LogP) is 5.49. The van der Waals surface area contributed by atoms with E-state index in [2.05, 4.69) is 10.6 Å². The summed E-state index contributed by atoms with van der Waals surface area (Å²) in [6.07, 6.45) is 20.7. The van der Waals surface area contributed by atoms with Crippen molar-refractivity contribution < 1.29 is 30.4 Å². The molecule has 0 amide bonds. The van der Waals surface area contributed by atoms with Crippen LogP contribution in [0.5, 0.6) is 0 Å². The van der Waals surface area contributed by atoms with E-state index in [-0.39, 0.29) is 6.61 Å². The summed E-state index contributed by atoms with van der Waals surface area (Å²) in [7, 11) is 0. The van der Waals surface area contributed by atoms with Crippen molar-refractivity contribution in [2.45, 2.75) is 110 Å². The summed E-state index contributed by atoms with van der Waals surface area (Å²) in [5.41, 5.74) is 0. The second-order valence-corrected chi connectivity index (χ2v) is 8.56. The van der Waals surface area contributed by atoms with Crippen molar-refractivity contribution in [2.75, 3.05) is 6.61 Å². The molecule has 0 aliphatic heterocycles. The Kier molecular flexibility index (Phi) is 17.3. The molecule has 0 aliphatic carbocycles. The van der Waals surface area contributed by atoms with E-state index < -0.39 is 15.0 Å². The van der Waals surface area contributed by atoms with Gasteiger partial charge in [-0.25, -0.2) is 0 Å². The SMILES string of the molecule is CCCCCCCCCCCCCCCCCC[O][V](=[O])([OH])[OH]. The molecule has 140 valence electrons. The maximum atomic E-state index is 10.5. The van der Waals surface area contributed by atoms with Crippen molar-refractivity contribution >= 4 is 0 Å². The Morgan fingerprint density at radius 3 is 1.22 bits per heavy atom. The van der Waals surface area contributed by atoms with E-state index in [4.69, 9.17) is 8.06 Å². The summed E-state index contributed by atoms with van der Waals surface area (Å²) >= 11 is -4.83. The van der Waals surface area contributed by atoms with Crippen LogP contribution in [0.2, 0.25) is 0 Å². The Balaban J connectivity index is 3.01. The monoisotopic (exact) mass is 370 g/mol. The van der Waals surface area contributed by atoms with Gasteiger partial charge in [0.2, 0.25) is 0 Å². The van der Waals surface area contributed by atoms with E-state index >= 15 is 0 Å². The third kappa shape index (κ3) is 22.3. The number of unbranched alkanes of at least 4 members (excludes halogenated alkanes) is 15. The standard InChI is InChI=1S/C18H37O.2H2O.O.V/c1-2-3-4-5-6-7-8-9-10-11-12-13-14-15-16-17-18-19;;;;/h2-18H2,1H3;2*1H2;;/q-1;;;;+3/p-2. The normalized spacial score (nSPS) is 12.0. The summed E-state index contributed by atoms with van der Waals surface area (Å²) in [4.78, 5) is 0. The van der Waals surface area contributed by atoms with Gasteiger partial charge in [-0.3, -0.25) is 0 Å². The van der Waals surface area contributed by atoms with Crippen LogP contribution in [-0.2, 0) is 22.4 Å². The van der Waals surface area contributed by atoms with E-state index in [0.29, 0.717) is 0 Å². The second kappa shape index (κ2) is 17.1. The fourth-order valence-corrected chi connectivity index (χ4v) is 3.41. The minimum absolute atomic E-state index is 0.196. The second-order valence-electron chi connectivity index (χ2n) is 6.63. The van der Waals surface area contributed by atoms with Crippen LogP contribution in [0.15, 0.2) is 0 Å². The molecule has 5 heteroatoms. The molecular formula is C18H39O4V. The molecule has 0 aromatic heterocycles. The molecular weight excluding hydrogens is 331 g/mol. The molecule has 2 N–H and O–H groups in total. The summed E-state index contributed by atoms with van der Waals surface area (Å²) in [5, 5.41) is 0. The Morgan fingerprint density at radius 1 is 0.609 bits per heavy atom. The van der Waals surface area contributed by atoms with Crippen LogP contribution in [0.25, 0.3) is 0 Å². The zero-order chi connectivity index (χ0) is 17.2. The zero-order valence-electron chi connectivity index (χ0n) is 15.2. The molecule has 23 heavy (non-hydrogen) atoms. The number of rotatable bonds is 18. The van der Waals surface area contributed by atoms with Gasteiger partial charge in [0, 0.05) is 0 Å². The third-order valence-electron chi connectivity index (χ3n) is 4.26. The van der Waals surface area contributed by atoms with Crippen molar-refractivity contribution in [3.8, 4) is 0 Å². The minimum atomic E-state index is -4.83. The van der Waals surface area contributed by atoms with E-state index in [1.807, 2.05) is 0 Å². The van der Waals surface area contributed by atoms with Crippen LogP contribution in [-0.4, -0.2) is 14.7 Å². The van der Waals surface area contributed by atoms with E-state index in [0.717, 1.165) is 19.3 Å². The average molecular weight is 370 g/mol. The summed E-state index contributed by atoms with van der Waals surface area (Å²) < 4.78 is 32.2. The Labute approximate surface area is 147 Å². The van der Waals surface area contributed by atoms with Crippen molar-refractivity contribution in [1.29, 1.82) is 0 Å². The fourth-order valence-electron chi connectivity index (χ4n) is 2.83. The first kappa shape index (κ1) is 23.3. The molecule has 0 saturated carbocycles. The molecule has 0 saturated heterocycles. The van der Waals surface area contributed by atoms with Crippen LogP contribution in [0, 0.1) is 0 Å². The van der Waals surface area contributed by atoms with Crippen molar-refractivity contribution in [3.63, 3.8) is 0 Å². The van der Waals surface area contributed by atoms with Crippen LogP contribution < -0.4 is 0 Å². The first-order chi connectivity index (χ1) is 11.1. The Bertz CT molecular complexity index is 278. The summed E-state index contributed by atoms with van der Waals surface area (Å²) in [6.45, 7) is 2.46. The van der Waals surface area contributed by atoms with Gasteiger partial charge in [-0.1, -0.05) is 45.4 Å². The Hall–Kier alpha value is 0.264. The van der Waals surface area contributed by atoms with Crippen LogP contribution in [0.4, 0.5) is 0 Å². The van der Waals surface area contributed by atoms with Gasteiger partial charge in [0.05, 0.1) is 0 Å². The van der Waals surface area contributed by atoms with Gasteiger partial charge in [0.25, 0.3) is 0 Å². The molecule has 0 radical (unpaired) electrons. The molecule has 0 spiro atoms. The molecule has 4 nitrogen and oxygen atoms in total. The number of hydrogen-bond acceptors (Lipinski definition) is 2. The van der Waals surface area contributed by atoms with Gasteiger partial charge in [-0.15, -0.1) is 0 Å². The van der Waals surface area contributed by atoms with Crippen LogP contribution in [0.3, 0.4) is 0 Å². The fraction of sp³-hybridized carbons (Fsp3) is 1.00. The molecule has 0 aromatic carbocycles. The van der Waals surface area contributed by atoms with Gasteiger partial charge < -0.3 is 0 Å². The van der Waals surface area contributed by atoms with E-state index in [9.17, 15) is 3.67 Å². The molecule has 0 heterocycles. The predicted molar refractivity (Wildman–Crippen MR) is 90.6 cm³/mol. The number of hydrogen-bond donors (Lipinski definition) is 2. The van der Waals surface area contributed by atoms with Gasteiger partial charge in [0.15, 0.2) is 0 Å². The molecule has 0 unspecified atom stereocenters. The summed E-state index contributed by atoms with van der Waals surface area (Å²) in [5.74, 6) is 0. The van der Waals surface area contributed by atoms with Gasteiger partial charge in [-0.05, 0) is 0 Å². The molecule has 0 aliphatic rings. The van der Waals surface area contributed by atoms with Crippen molar-refractivity contribution in [1.82, 2.24) is 0 Å². The quantitative estimate of drug-likeness (QED) is 0.313. The zero-order valence-corrected chi connectivity index (χ0v) is 16.6. The van der Waals surface area contributed by atoms with E-state index in [1.54, 1.807) is 0 Å². The molecule has 0 atom stereocenters. The average Bonchev–Trinajstić information content (AvgIpc) is 2.49. The topological polar surface area (TPSA) is 66.8 Å². The van der Waals surface area contributed by atoms with Gasteiger partial charge >= 0.3 is 101 Å². The molecule has 0 rings (SSSR count). The van der Waals surface area contributed by atoms with Gasteiger partial charge in [0.1, 0.15) is 0 Å². The van der Waals surface area contributed by atoms with Crippen LogP contribution in [0.1, 0.15) is 110 Å². The van der Waals surface area contributed by atoms with Gasteiger partial charge in [-0.2, -0.15) is 0 Å². The summed E-state index contributed by atoms with van der Waals surface area (Å²) in [6, 6.07) is 0. The molecule has 0 fully saturated rings. The van der Waals surface area contributed by atoms with Crippen molar-refractivity contribution in [2.24, 2.45) is 0 Å². The first-order valence-corrected chi connectivity index (χ1v) is 12.2. The van der Waals surface area contributed by atoms with E-state index in [1.165, 1.54) is 83.5 Å².